The molecule has 100 valence electrons. The van der Waals surface area contributed by atoms with Crippen molar-refractivity contribution >= 4 is 5.69 Å². The highest BCUT2D eigenvalue weighted by atomic mass is 16.7. The largest absolute Gasteiger partial charge is 0.317 e. The summed E-state index contributed by atoms with van der Waals surface area (Å²) in [4.78, 5) is 5.41. The van der Waals surface area contributed by atoms with Gasteiger partial charge in [0, 0.05) is 0 Å². The average Bonchev–Trinajstić information content (AvgIpc) is 2.37. The van der Waals surface area contributed by atoms with Crippen molar-refractivity contribution in [2.45, 2.75) is 45.6 Å². The quantitative estimate of drug-likeness (QED) is 0.803. The number of nitrogens with one attached hydrogen (secondary N) is 2. The highest BCUT2D eigenvalue weighted by molar-refractivity contribution is 5.47. The van der Waals surface area contributed by atoms with Crippen LogP contribution in [0.5, 0.6) is 0 Å². The normalized spacial score (nSPS) is 17.1. The number of anilines is 1. The van der Waals surface area contributed by atoms with Crippen LogP contribution in [-0.2, 0) is 4.84 Å². The standard InChI is InChI=1S/C15H24N2O/c1-11(2)18-17-14-4-5-15(12(3)10-14)13-6-8-16-9-7-13/h4-5,10-11,13,16-17H,6-9H2,1-3H3. The first kappa shape index (κ1) is 13.4. The van der Waals surface area contributed by atoms with Crippen molar-refractivity contribution in [1.82, 2.24) is 5.32 Å². The Bertz CT molecular complexity index is 384. The molecule has 1 aliphatic rings. The molecule has 0 aromatic heterocycles. The number of piperidine rings is 1. The second-order valence-corrected chi connectivity index (χ2v) is 5.36. The number of hydrogen-bond acceptors (Lipinski definition) is 3. The van der Waals surface area contributed by atoms with E-state index in [-0.39, 0.29) is 6.10 Å². The lowest BCUT2D eigenvalue weighted by Gasteiger charge is -2.25. The molecule has 0 amide bonds. The molecule has 0 radical (unpaired) electrons. The Hall–Kier alpha value is -1.06. The highest BCUT2D eigenvalue weighted by Gasteiger charge is 2.16. The van der Waals surface area contributed by atoms with E-state index in [0.29, 0.717) is 5.92 Å². The van der Waals surface area contributed by atoms with Crippen LogP contribution in [0.3, 0.4) is 0 Å². The second kappa shape index (κ2) is 6.21. The topological polar surface area (TPSA) is 33.3 Å². The minimum atomic E-state index is 0.189. The van der Waals surface area contributed by atoms with Gasteiger partial charge in [-0.1, -0.05) is 6.07 Å². The molecular formula is C15H24N2O. The van der Waals surface area contributed by atoms with Crippen molar-refractivity contribution in [2.75, 3.05) is 18.6 Å². The predicted octanol–water partition coefficient (Wildman–Crippen LogP) is 3.21. The molecular weight excluding hydrogens is 224 g/mol. The van der Waals surface area contributed by atoms with Crippen LogP contribution in [0.1, 0.15) is 43.7 Å². The van der Waals surface area contributed by atoms with Crippen molar-refractivity contribution in [2.24, 2.45) is 0 Å². The smallest absolute Gasteiger partial charge is 0.0797 e. The molecule has 3 nitrogen and oxygen atoms in total. The van der Waals surface area contributed by atoms with E-state index in [9.17, 15) is 0 Å². The Morgan fingerprint density at radius 2 is 2.00 bits per heavy atom. The summed E-state index contributed by atoms with van der Waals surface area (Å²) in [6.07, 6.45) is 2.68. The molecule has 0 bridgehead atoms. The lowest BCUT2D eigenvalue weighted by Crippen LogP contribution is -2.26. The molecule has 0 unspecified atom stereocenters. The first-order valence-electron chi connectivity index (χ1n) is 6.89. The van der Waals surface area contributed by atoms with E-state index >= 15 is 0 Å². The van der Waals surface area contributed by atoms with Crippen LogP contribution in [0.25, 0.3) is 0 Å². The molecule has 3 heteroatoms. The molecule has 0 aliphatic carbocycles. The van der Waals surface area contributed by atoms with Crippen LogP contribution in [0.2, 0.25) is 0 Å². The van der Waals surface area contributed by atoms with Gasteiger partial charge in [0.05, 0.1) is 11.8 Å². The van der Waals surface area contributed by atoms with Crippen LogP contribution >= 0.6 is 0 Å². The van der Waals surface area contributed by atoms with Crippen molar-refractivity contribution in [3.05, 3.63) is 29.3 Å². The minimum absolute atomic E-state index is 0.189. The van der Waals surface area contributed by atoms with E-state index in [1.165, 1.54) is 24.0 Å². The first-order chi connectivity index (χ1) is 8.66. The SMILES string of the molecule is Cc1cc(NOC(C)C)ccc1C1CCNCC1. The van der Waals surface area contributed by atoms with Gasteiger partial charge in [0.1, 0.15) is 0 Å². The van der Waals surface area contributed by atoms with Crippen LogP contribution in [0.4, 0.5) is 5.69 Å². The van der Waals surface area contributed by atoms with E-state index in [1.807, 2.05) is 13.8 Å². The molecule has 1 aromatic carbocycles. The van der Waals surface area contributed by atoms with Gasteiger partial charge in [0.2, 0.25) is 0 Å². The van der Waals surface area contributed by atoms with Crippen LogP contribution in [-0.4, -0.2) is 19.2 Å². The molecule has 2 rings (SSSR count). The van der Waals surface area contributed by atoms with Gasteiger partial charge in [-0.2, -0.15) is 0 Å². The van der Waals surface area contributed by atoms with Gasteiger partial charge in [-0.05, 0) is 75.9 Å². The summed E-state index contributed by atoms with van der Waals surface area (Å²) in [5, 5.41) is 3.42. The zero-order valence-corrected chi connectivity index (χ0v) is 11.6. The van der Waals surface area contributed by atoms with Crippen LogP contribution in [0.15, 0.2) is 18.2 Å². The third kappa shape index (κ3) is 3.47. The van der Waals surface area contributed by atoms with Crippen molar-refractivity contribution in [3.8, 4) is 0 Å². The molecule has 1 aromatic rings. The zero-order valence-electron chi connectivity index (χ0n) is 11.6. The zero-order chi connectivity index (χ0) is 13.0. The number of aryl methyl sites for hydroxylation is 1. The molecule has 18 heavy (non-hydrogen) atoms. The van der Waals surface area contributed by atoms with Gasteiger partial charge < -0.3 is 5.32 Å². The molecule has 0 atom stereocenters. The summed E-state index contributed by atoms with van der Waals surface area (Å²) in [7, 11) is 0. The highest BCUT2D eigenvalue weighted by Crippen LogP contribution is 2.29. The maximum Gasteiger partial charge on any atom is 0.0797 e. The molecule has 1 saturated heterocycles. The fourth-order valence-corrected chi connectivity index (χ4v) is 2.52. The monoisotopic (exact) mass is 248 g/mol. The van der Waals surface area contributed by atoms with E-state index in [1.54, 1.807) is 0 Å². The lowest BCUT2D eigenvalue weighted by atomic mass is 9.87. The second-order valence-electron chi connectivity index (χ2n) is 5.36. The van der Waals surface area contributed by atoms with Crippen molar-refractivity contribution in [1.29, 1.82) is 0 Å². The van der Waals surface area contributed by atoms with Gasteiger partial charge >= 0.3 is 0 Å². The molecule has 0 spiro atoms. The molecule has 1 heterocycles. The maximum absolute atomic E-state index is 5.41. The summed E-state index contributed by atoms with van der Waals surface area (Å²) in [6, 6.07) is 6.55. The Morgan fingerprint density at radius 3 is 2.61 bits per heavy atom. The average molecular weight is 248 g/mol. The number of rotatable bonds is 4. The summed E-state index contributed by atoms with van der Waals surface area (Å²) in [5.74, 6) is 0.714. The van der Waals surface area contributed by atoms with Gasteiger partial charge in [-0.25, -0.2) is 0 Å². The van der Waals surface area contributed by atoms with E-state index in [0.717, 1.165) is 18.8 Å². The third-order valence-corrected chi connectivity index (χ3v) is 3.46. The molecule has 1 aliphatic heterocycles. The van der Waals surface area contributed by atoms with Gasteiger partial charge in [-0.3, -0.25) is 10.3 Å². The number of benzene rings is 1. The van der Waals surface area contributed by atoms with E-state index in [2.05, 4.69) is 35.9 Å². The van der Waals surface area contributed by atoms with Gasteiger partial charge in [-0.15, -0.1) is 0 Å². The van der Waals surface area contributed by atoms with Gasteiger partial charge in [0.25, 0.3) is 0 Å². The number of hydrogen-bond donors (Lipinski definition) is 2. The Kier molecular flexibility index (Phi) is 4.61. The van der Waals surface area contributed by atoms with E-state index < -0.39 is 0 Å². The Labute approximate surface area is 110 Å². The van der Waals surface area contributed by atoms with Gasteiger partial charge in [0.15, 0.2) is 0 Å². The summed E-state index contributed by atoms with van der Waals surface area (Å²) in [5.41, 5.74) is 6.90. The lowest BCUT2D eigenvalue weighted by molar-refractivity contribution is 0.130. The fourth-order valence-electron chi connectivity index (χ4n) is 2.52. The first-order valence-corrected chi connectivity index (χ1v) is 6.89. The molecule has 1 fully saturated rings. The predicted molar refractivity (Wildman–Crippen MR) is 75.9 cm³/mol. The maximum atomic E-state index is 5.41. The minimum Gasteiger partial charge on any atom is -0.317 e. The Morgan fingerprint density at radius 1 is 1.28 bits per heavy atom. The summed E-state index contributed by atoms with van der Waals surface area (Å²) >= 11 is 0. The Balaban J connectivity index is 2.04. The van der Waals surface area contributed by atoms with Crippen molar-refractivity contribution < 1.29 is 4.84 Å². The summed E-state index contributed by atoms with van der Waals surface area (Å²) in [6.45, 7) is 8.51. The van der Waals surface area contributed by atoms with E-state index in [4.69, 9.17) is 4.84 Å². The van der Waals surface area contributed by atoms with Crippen molar-refractivity contribution in [3.63, 3.8) is 0 Å². The van der Waals surface area contributed by atoms with Crippen LogP contribution < -0.4 is 10.8 Å². The van der Waals surface area contributed by atoms with Crippen LogP contribution in [0, 0.1) is 6.92 Å². The molecule has 2 N–H and O–H groups in total. The molecule has 0 saturated carbocycles. The fraction of sp³-hybridized carbons (Fsp3) is 0.600. The summed E-state index contributed by atoms with van der Waals surface area (Å²) < 4.78 is 0. The third-order valence-electron chi connectivity index (χ3n) is 3.46.